The Kier molecular flexibility index (Phi) is 14.2. The molecule has 6 N–H and O–H groups in total. The van der Waals surface area contributed by atoms with Gasteiger partial charge in [0.25, 0.3) is 0 Å². The molecule has 0 radical (unpaired) electrons. The molecule has 0 saturated heterocycles. The van der Waals surface area contributed by atoms with Crippen LogP contribution in [0.15, 0.2) is 0 Å². The van der Waals surface area contributed by atoms with Gasteiger partial charge in [0.2, 0.25) is 17.7 Å². The van der Waals surface area contributed by atoms with Crippen LogP contribution in [0.4, 0.5) is 0 Å². The number of amides is 3. The van der Waals surface area contributed by atoms with Crippen LogP contribution < -0.4 is 21.7 Å². The first-order valence-electron chi connectivity index (χ1n) is 11.2. The molecule has 0 rings (SSSR count). The maximum atomic E-state index is 13.1. The lowest BCUT2D eigenvalue weighted by molar-refractivity contribution is -0.144. The van der Waals surface area contributed by atoms with Gasteiger partial charge in [-0.25, -0.2) is 4.79 Å². The highest BCUT2D eigenvalue weighted by Gasteiger charge is 2.33. The van der Waals surface area contributed by atoms with E-state index in [0.29, 0.717) is 19.3 Å². The molecule has 9 nitrogen and oxygen atoms in total. The average Bonchev–Trinajstić information content (AvgIpc) is 2.71. The van der Waals surface area contributed by atoms with Crippen LogP contribution in [-0.2, 0) is 19.2 Å². The Bertz CT molecular complexity index is 629. The molecule has 0 spiro atoms. The lowest BCUT2D eigenvalue weighted by Crippen LogP contribution is -2.59. The van der Waals surface area contributed by atoms with Crippen LogP contribution in [0.1, 0.15) is 60.8 Å². The van der Waals surface area contributed by atoms with E-state index in [0.717, 1.165) is 5.75 Å². The van der Waals surface area contributed by atoms with Gasteiger partial charge in [0.15, 0.2) is 0 Å². The topological polar surface area (TPSA) is 151 Å². The number of aliphatic carboxylic acids is 1. The third-order valence-electron chi connectivity index (χ3n) is 5.33. The number of carbonyl (C=O) groups is 4. The van der Waals surface area contributed by atoms with Crippen molar-refractivity contribution in [2.24, 2.45) is 23.5 Å². The second-order valence-electron chi connectivity index (χ2n) is 9.02. The van der Waals surface area contributed by atoms with Crippen molar-refractivity contribution in [1.29, 1.82) is 0 Å². The Morgan fingerprint density at radius 1 is 0.906 bits per heavy atom. The van der Waals surface area contributed by atoms with Crippen LogP contribution in [0.5, 0.6) is 0 Å². The van der Waals surface area contributed by atoms with Crippen LogP contribution in [0.3, 0.4) is 0 Å². The number of carboxylic acid groups (broad SMARTS) is 1. The lowest BCUT2D eigenvalue weighted by atomic mass is 9.95. The molecule has 0 aromatic rings. The summed E-state index contributed by atoms with van der Waals surface area (Å²) in [5.41, 5.74) is 5.94. The average molecular weight is 475 g/mol. The van der Waals surface area contributed by atoms with Crippen LogP contribution in [0, 0.1) is 17.8 Å². The van der Waals surface area contributed by atoms with Crippen LogP contribution in [0.25, 0.3) is 0 Å². The molecule has 0 aromatic carbocycles. The van der Waals surface area contributed by atoms with Gasteiger partial charge in [0, 0.05) is 0 Å². The Hall–Kier alpha value is -1.81. The fourth-order valence-corrected chi connectivity index (χ4v) is 3.56. The summed E-state index contributed by atoms with van der Waals surface area (Å²) in [6.45, 7) is 10.9. The SMILES string of the molecule is CCC(C)C(NC(=O)C(CC(C)C)NC(=O)C(N)CCSC)C(=O)NC(C(=O)O)C(C)C. The van der Waals surface area contributed by atoms with Gasteiger partial charge in [-0.15, -0.1) is 0 Å². The van der Waals surface area contributed by atoms with Gasteiger partial charge < -0.3 is 26.8 Å². The van der Waals surface area contributed by atoms with E-state index in [9.17, 15) is 24.3 Å². The minimum Gasteiger partial charge on any atom is -0.480 e. The number of carboxylic acids is 1. The standard InChI is InChI=1S/C22H42N4O5S/c1-8-14(6)18(21(29)25-17(13(4)5)22(30)31)26-20(28)16(11-12(2)3)24-19(27)15(23)9-10-32-7/h12-18H,8-11,23H2,1-7H3,(H,24,27)(H,25,29)(H,26,28)(H,30,31). The summed E-state index contributed by atoms with van der Waals surface area (Å²) >= 11 is 1.58. The maximum Gasteiger partial charge on any atom is 0.326 e. The van der Waals surface area contributed by atoms with E-state index >= 15 is 0 Å². The van der Waals surface area contributed by atoms with Crippen LogP contribution >= 0.6 is 11.8 Å². The van der Waals surface area contributed by atoms with E-state index in [1.54, 1.807) is 25.6 Å². The van der Waals surface area contributed by atoms with Crippen LogP contribution in [-0.4, -0.2) is 65.0 Å². The summed E-state index contributed by atoms with van der Waals surface area (Å²) in [5.74, 6) is -2.29. The number of nitrogens with two attached hydrogens (primary N) is 1. The largest absolute Gasteiger partial charge is 0.480 e. The van der Waals surface area contributed by atoms with Gasteiger partial charge in [-0.2, -0.15) is 11.8 Å². The fourth-order valence-electron chi connectivity index (χ4n) is 3.07. The molecular weight excluding hydrogens is 432 g/mol. The Balaban J connectivity index is 5.50. The van der Waals surface area contributed by atoms with Gasteiger partial charge in [0.1, 0.15) is 18.1 Å². The third-order valence-corrected chi connectivity index (χ3v) is 5.98. The molecule has 0 aliphatic rings. The number of hydrogen-bond acceptors (Lipinski definition) is 6. The van der Waals surface area contributed by atoms with Crippen molar-refractivity contribution in [3.8, 4) is 0 Å². The highest BCUT2D eigenvalue weighted by molar-refractivity contribution is 7.98. The van der Waals surface area contributed by atoms with Crippen molar-refractivity contribution in [2.45, 2.75) is 85.0 Å². The second kappa shape index (κ2) is 15.1. The van der Waals surface area contributed by atoms with Crippen molar-refractivity contribution in [3.05, 3.63) is 0 Å². The molecule has 0 aromatic heterocycles. The van der Waals surface area contributed by atoms with Crippen molar-refractivity contribution >= 4 is 35.5 Å². The summed E-state index contributed by atoms with van der Waals surface area (Å²) < 4.78 is 0. The fraction of sp³-hybridized carbons (Fsp3) is 0.818. The molecular formula is C22H42N4O5S. The molecule has 0 bridgehead atoms. The van der Waals surface area contributed by atoms with E-state index in [1.807, 2.05) is 34.0 Å². The summed E-state index contributed by atoms with van der Waals surface area (Å²) in [5, 5.41) is 17.4. The smallest absolute Gasteiger partial charge is 0.326 e. The highest BCUT2D eigenvalue weighted by atomic mass is 32.2. The highest BCUT2D eigenvalue weighted by Crippen LogP contribution is 2.12. The van der Waals surface area contributed by atoms with Gasteiger partial charge in [0.05, 0.1) is 6.04 Å². The molecule has 0 fully saturated rings. The minimum atomic E-state index is -1.13. The Morgan fingerprint density at radius 2 is 1.47 bits per heavy atom. The van der Waals surface area contributed by atoms with E-state index in [2.05, 4.69) is 16.0 Å². The molecule has 3 amide bonds. The lowest BCUT2D eigenvalue weighted by Gasteiger charge is -2.29. The number of hydrogen-bond donors (Lipinski definition) is 5. The van der Waals surface area contributed by atoms with Gasteiger partial charge >= 0.3 is 5.97 Å². The zero-order chi connectivity index (χ0) is 25.0. The molecule has 0 saturated carbocycles. The Morgan fingerprint density at radius 3 is 1.91 bits per heavy atom. The predicted octanol–water partition coefficient (Wildman–Crippen LogP) is 1.35. The first-order chi connectivity index (χ1) is 14.8. The van der Waals surface area contributed by atoms with Gasteiger partial charge in [-0.05, 0) is 42.6 Å². The van der Waals surface area contributed by atoms with Gasteiger partial charge in [-0.3, -0.25) is 14.4 Å². The minimum absolute atomic E-state index is 0.113. The molecule has 0 aliphatic carbocycles. The van der Waals surface area contributed by atoms with Crippen LogP contribution in [0.2, 0.25) is 0 Å². The molecule has 0 heterocycles. The van der Waals surface area contributed by atoms with E-state index in [-0.39, 0.29) is 17.8 Å². The number of rotatable bonds is 15. The second-order valence-corrected chi connectivity index (χ2v) is 10.0. The molecule has 10 heteroatoms. The molecule has 0 aliphatic heterocycles. The summed E-state index contributed by atoms with van der Waals surface area (Å²) in [6.07, 6.45) is 3.39. The van der Waals surface area contributed by atoms with Gasteiger partial charge in [-0.1, -0.05) is 48.0 Å². The molecule has 5 atom stereocenters. The quantitative estimate of drug-likeness (QED) is 0.240. The molecule has 32 heavy (non-hydrogen) atoms. The van der Waals surface area contributed by atoms with Crippen molar-refractivity contribution < 1.29 is 24.3 Å². The predicted molar refractivity (Wildman–Crippen MR) is 128 cm³/mol. The molecule has 186 valence electrons. The van der Waals surface area contributed by atoms with E-state index < -0.39 is 47.9 Å². The number of thioether (sulfide) groups is 1. The number of carbonyl (C=O) groups excluding carboxylic acids is 3. The molecule has 5 unspecified atom stereocenters. The summed E-state index contributed by atoms with van der Waals surface area (Å²) in [4.78, 5) is 49.9. The van der Waals surface area contributed by atoms with Crippen molar-refractivity contribution in [2.75, 3.05) is 12.0 Å². The third kappa shape index (κ3) is 10.7. The van der Waals surface area contributed by atoms with Crippen molar-refractivity contribution in [1.82, 2.24) is 16.0 Å². The zero-order valence-electron chi connectivity index (χ0n) is 20.4. The van der Waals surface area contributed by atoms with Crippen molar-refractivity contribution in [3.63, 3.8) is 0 Å². The zero-order valence-corrected chi connectivity index (χ0v) is 21.3. The normalized spacial score (nSPS) is 16.1. The van der Waals surface area contributed by atoms with E-state index in [1.165, 1.54) is 0 Å². The first kappa shape index (κ1) is 30.2. The van der Waals surface area contributed by atoms with E-state index in [4.69, 9.17) is 5.73 Å². The first-order valence-corrected chi connectivity index (χ1v) is 12.6. The summed E-state index contributed by atoms with van der Waals surface area (Å²) in [6, 6.07) is -3.56. The summed E-state index contributed by atoms with van der Waals surface area (Å²) in [7, 11) is 0. The maximum absolute atomic E-state index is 13.1. The Labute approximate surface area is 196 Å². The monoisotopic (exact) mass is 474 g/mol. The number of nitrogens with one attached hydrogen (secondary N) is 3.